The maximum absolute atomic E-state index is 12.1. The van der Waals surface area contributed by atoms with E-state index in [1.165, 1.54) is 0 Å². The van der Waals surface area contributed by atoms with E-state index in [1.807, 2.05) is 56.8 Å². The van der Waals surface area contributed by atoms with Crippen molar-refractivity contribution in [1.82, 2.24) is 14.5 Å². The summed E-state index contributed by atoms with van der Waals surface area (Å²) in [6.45, 7) is 6.32. The van der Waals surface area contributed by atoms with Crippen LogP contribution in [-0.4, -0.2) is 24.7 Å². The largest absolute Gasteiger partial charge is 0.272 e. The maximum atomic E-state index is 12.1. The van der Waals surface area contributed by atoms with Gasteiger partial charge in [0.15, 0.2) is 0 Å². The van der Waals surface area contributed by atoms with Crippen LogP contribution in [0.25, 0.3) is 0 Å². The van der Waals surface area contributed by atoms with Crippen molar-refractivity contribution in [3.8, 4) is 0 Å². The molecule has 1 heterocycles. The normalized spacial score (nSPS) is 11.8. The Hall–Kier alpha value is -1.66. The van der Waals surface area contributed by atoms with Crippen LogP contribution < -0.4 is 4.72 Å². The van der Waals surface area contributed by atoms with Gasteiger partial charge in [-0.25, -0.2) is 13.1 Å². The van der Waals surface area contributed by atoms with E-state index in [2.05, 4.69) is 9.82 Å². The highest BCUT2D eigenvalue weighted by Crippen LogP contribution is 2.12. The van der Waals surface area contributed by atoms with E-state index >= 15 is 0 Å². The molecule has 0 saturated heterocycles. The SMILES string of the molecule is Cc1ccc(CS(=O)(=O)NCCc2c(C)nn(C)c2C)cc1. The summed E-state index contributed by atoms with van der Waals surface area (Å²) in [4.78, 5) is 0. The zero-order valence-electron chi connectivity index (χ0n) is 13.5. The van der Waals surface area contributed by atoms with Crippen LogP contribution >= 0.6 is 0 Å². The van der Waals surface area contributed by atoms with E-state index in [-0.39, 0.29) is 5.75 Å². The van der Waals surface area contributed by atoms with Gasteiger partial charge in [-0.2, -0.15) is 5.10 Å². The van der Waals surface area contributed by atoms with Gasteiger partial charge >= 0.3 is 0 Å². The van der Waals surface area contributed by atoms with Gasteiger partial charge in [-0.3, -0.25) is 4.68 Å². The van der Waals surface area contributed by atoms with Gasteiger partial charge in [0, 0.05) is 19.3 Å². The Kier molecular flexibility index (Phi) is 5.03. The predicted molar refractivity (Wildman–Crippen MR) is 88.2 cm³/mol. The van der Waals surface area contributed by atoms with Gasteiger partial charge in [-0.1, -0.05) is 29.8 Å². The lowest BCUT2D eigenvalue weighted by molar-refractivity contribution is 0.580. The van der Waals surface area contributed by atoms with E-state index in [9.17, 15) is 8.42 Å². The van der Waals surface area contributed by atoms with Crippen LogP contribution in [0.1, 0.15) is 28.1 Å². The molecule has 0 saturated carbocycles. The summed E-state index contributed by atoms with van der Waals surface area (Å²) in [7, 11) is -1.42. The molecule has 0 aliphatic heterocycles. The zero-order valence-corrected chi connectivity index (χ0v) is 14.4. The number of nitrogens with one attached hydrogen (secondary N) is 1. The molecule has 0 aliphatic rings. The van der Waals surface area contributed by atoms with Gasteiger partial charge in [0.05, 0.1) is 11.4 Å². The Morgan fingerprint density at radius 3 is 2.32 bits per heavy atom. The van der Waals surface area contributed by atoms with Gasteiger partial charge in [-0.15, -0.1) is 0 Å². The third-order valence-electron chi connectivity index (χ3n) is 3.83. The zero-order chi connectivity index (χ0) is 16.3. The van der Waals surface area contributed by atoms with Crippen LogP contribution in [0, 0.1) is 20.8 Å². The minimum absolute atomic E-state index is 0.0122. The van der Waals surface area contributed by atoms with E-state index < -0.39 is 10.0 Å². The molecule has 120 valence electrons. The van der Waals surface area contributed by atoms with Crippen molar-refractivity contribution in [2.45, 2.75) is 32.9 Å². The second-order valence-corrected chi connectivity index (χ2v) is 7.47. The fraction of sp³-hybridized carbons (Fsp3) is 0.438. The second kappa shape index (κ2) is 6.62. The monoisotopic (exact) mass is 321 g/mol. The number of sulfonamides is 1. The molecule has 0 amide bonds. The first-order valence-electron chi connectivity index (χ1n) is 7.30. The number of benzene rings is 1. The summed E-state index contributed by atoms with van der Waals surface area (Å²) in [6.07, 6.45) is 0.651. The molecule has 5 nitrogen and oxygen atoms in total. The molecular formula is C16H23N3O2S. The minimum Gasteiger partial charge on any atom is -0.272 e. The average molecular weight is 321 g/mol. The molecule has 0 unspecified atom stereocenters. The van der Waals surface area contributed by atoms with Crippen molar-refractivity contribution in [2.75, 3.05) is 6.54 Å². The minimum atomic E-state index is -3.31. The fourth-order valence-corrected chi connectivity index (χ4v) is 3.61. The Morgan fingerprint density at radius 2 is 1.77 bits per heavy atom. The Balaban J connectivity index is 1.94. The first-order chi connectivity index (χ1) is 10.3. The molecule has 22 heavy (non-hydrogen) atoms. The lowest BCUT2D eigenvalue weighted by atomic mass is 10.1. The van der Waals surface area contributed by atoms with Gasteiger partial charge in [-0.05, 0) is 38.3 Å². The predicted octanol–water partition coefficient (Wildman–Crippen LogP) is 2.01. The van der Waals surface area contributed by atoms with Crippen molar-refractivity contribution < 1.29 is 8.42 Å². The Morgan fingerprint density at radius 1 is 1.14 bits per heavy atom. The molecule has 0 aliphatic carbocycles. The van der Waals surface area contributed by atoms with Gasteiger partial charge in [0.25, 0.3) is 0 Å². The molecule has 1 aromatic carbocycles. The third-order valence-corrected chi connectivity index (χ3v) is 5.19. The molecule has 0 spiro atoms. The highest BCUT2D eigenvalue weighted by Gasteiger charge is 2.13. The highest BCUT2D eigenvalue weighted by atomic mass is 32.2. The van der Waals surface area contributed by atoms with Gasteiger partial charge in [0.1, 0.15) is 0 Å². The standard InChI is InChI=1S/C16H23N3O2S/c1-12-5-7-15(8-6-12)11-22(20,21)17-10-9-16-13(2)18-19(4)14(16)3/h5-8,17H,9-11H2,1-4H3. The fourth-order valence-electron chi connectivity index (χ4n) is 2.47. The van der Waals surface area contributed by atoms with Crippen molar-refractivity contribution in [2.24, 2.45) is 7.05 Å². The van der Waals surface area contributed by atoms with E-state index in [0.717, 1.165) is 28.1 Å². The van der Waals surface area contributed by atoms with Crippen LogP contribution in [0.5, 0.6) is 0 Å². The number of hydrogen-bond donors (Lipinski definition) is 1. The first-order valence-corrected chi connectivity index (χ1v) is 8.95. The van der Waals surface area contributed by atoms with E-state index in [0.29, 0.717) is 13.0 Å². The van der Waals surface area contributed by atoms with Crippen molar-refractivity contribution >= 4 is 10.0 Å². The molecule has 1 N–H and O–H groups in total. The second-order valence-electron chi connectivity index (χ2n) is 5.66. The third kappa shape index (κ3) is 4.18. The summed E-state index contributed by atoms with van der Waals surface area (Å²) in [5.41, 5.74) is 5.07. The lowest BCUT2D eigenvalue weighted by Crippen LogP contribution is -2.27. The summed E-state index contributed by atoms with van der Waals surface area (Å²) in [5.74, 6) is 0.0122. The summed E-state index contributed by atoms with van der Waals surface area (Å²) in [5, 5.41) is 4.34. The molecule has 0 atom stereocenters. The van der Waals surface area contributed by atoms with E-state index in [1.54, 1.807) is 0 Å². The molecule has 0 fully saturated rings. The molecule has 2 aromatic rings. The number of aryl methyl sites for hydroxylation is 3. The molecule has 6 heteroatoms. The summed E-state index contributed by atoms with van der Waals surface area (Å²) < 4.78 is 28.7. The maximum Gasteiger partial charge on any atom is 0.215 e. The molecule has 1 aromatic heterocycles. The van der Waals surface area contributed by atoms with Gasteiger partial charge in [0.2, 0.25) is 10.0 Å². The molecule has 2 rings (SSSR count). The van der Waals surface area contributed by atoms with Crippen molar-refractivity contribution in [3.05, 3.63) is 52.3 Å². The van der Waals surface area contributed by atoms with Crippen LogP contribution in [0.15, 0.2) is 24.3 Å². The van der Waals surface area contributed by atoms with Crippen LogP contribution in [0.2, 0.25) is 0 Å². The molecular weight excluding hydrogens is 298 g/mol. The van der Waals surface area contributed by atoms with Crippen LogP contribution in [-0.2, 0) is 29.2 Å². The molecule has 0 radical (unpaired) electrons. The number of aromatic nitrogens is 2. The van der Waals surface area contributed by atoms with Crippen molar-refractivity contribution in [1.29, 1.82) is 0 Å². The number of hydrogen-bond acceptors (Lipinski definition) is 3. The highest BCUT2D eigenvalue weighted by molar-refractivity contribution is 7.88. The summed E-state index contributed by atoms with van der Waals surface area (Å²) >= 11 is 0. The quantitative estimate of drug-likeness (QED) is 0.885. The average Bonchev–Trinajstić information content (AvgIpc) is 2.67. The summed E-state index contributed by atoms with van der Waals surface area (Å²) in [6, 6.07) is 7.55. The van der Waals surface area contributed by atoms with Crippen LogP contribution in [0.3, 0.4) is 0 Å². The smallest absolute Gasteiger partial charge is 0.215 e. The van der Waals surface area contributed by atoms with E-state index in [4.69, 9.17) is 0 Å². The topological polar surface area (TPSA) is 64.0 Å². The first kappa shape index (κ1) is 16.7. The number of nitrogens with zero attached hydrogens (tertiary/aromatic N) is 2. The van der Waals surface area contributed by atoms with Crippen molar-refractivity contribution in [3.63, 3.8) is 0 Å². The Labute approximate surface area is 132 Å². The lowest BCUT2D eigenvalue weighted by Gasteiger charge is -2.07. The van der Waals surface area contributed by atoms with Gasteiger partial charge < -0.3 is 0 Å². The van der Waals surface area contributed by atoms with Crippen LogP contribution in [0.4, 0.5) is 0 Å². The number of rotatable bonds is 6. The molecule has 0 bridgehead atoms. The Bertz CT molecular complexity index is 746.